The van der Waals surface area contributed by atoms with Gasteiger partial charge in [0.15, 0.2) is 5.76 Å². The van der Waals surface area contributed by atoms with Crippen LogP contribution in [0.2, 0.25) is 5.02 Å². The third kappa shape index (κ3) is 4.03. The molecule has 3 aromatic rings. The van der Waals surface area contributed by atoms with Crippen LogP contribution in [0.1, 0.15) is 6.92 Å². The van der Waals surface area contributed by atoms with Gasteiger partial charge in [0.05, 0.1) is 27.1 Å². The Morgan fingerprint density at radius 2 is 2.19 bits per heavy atom. The zero-order valence-electron chi connectivity index (χ0n) is 13.2. The number of nitro benzene ring substituents is 1. The number of benzene rings is 1. The number of aromatic nitrogens is 2. The van der Waals surface area contributed by atoms with E-state index in [2.05, 4.69) is 15.5 Å². The molecule has 0 unspecified atom stereocenters. The van der Waals surface area contributed by atoms with Gasteiger partial charge in [0.1, 0.15) is 0 Å². The maximum Gasteiger partial charge on any atom is 0.284 e. The third-order valence-corrected chi connectivity index (χ3v) is 4.45. The number of nitrogens with zero attached hydrogens (tertiary/aromatic N) is 3. The number of non-ortho nitro benzene ring substituents is 1. The van der Waals surface area contributed by atoms with Crippen LogP contribution >= 0.6 is 23.4 Å². The zero-order valence-corrected chi connectivity index (χ0v) is 14.8. The Bertz CT molecular complexity index is 943. The summed E-state index contributed by atoms with van der Waals surface area (Å²) >= 11 is 7.02. The summed E-state index contributed by atoms with van der Waals surface area (Å²) in [5.74, 6) is 0.270. The molecule has 1 atom stereocenters. The highest BCUT2D eigenvalue weighted by molar-refractivity contribution is 8.00. The predicted molar refractivity (Wildman–Crippen MR) is 94.1 cm³/mol. The largest absolute Gasteiger partial charge is 0.459 e. The standard InChI is InChI=1S/C15H11ClN4O5S/c1-8(26-15-19-18-14(25-15)12-3-2-6-24-12)13(21)17-11-5-4-9(20(22)23)7-10(11)16/h2-8H,1H3,(H,17,21)/t8-/m0/s1. The van der Waals surface area contributed by atoms with Crippen LogP contribution in [-0.4, -0.2) is 26.3 Å². The summed E-state index contributed by atoms with van der Waals surface area (Å²) < 4.78 is 10.6. The first kappa shape index (κ1) is 18.0. The lowest BCUT2D eigenvalue weighted by Gasteiger charge is -2.11. The summed E-state index contributed by atoms with van der Waals surface area (Å²) in [5.41, 5.74) is 0.114. The van der Waals surface area contributed by atoms with Crippen LogP contribution in [0.4, 0.5) is 11.4 Å². The topological polar surface area (TPSA) is 124 Å². The molecule has 3 rings (SSSR count). The number of thioether (sulfide) groups is 1. The Labute approximate surface area is 155 Å². The summed E-state index contributed by atoms with van der Waals surface area (Å²) in [5, 5.41) is 20.7. The Morgan fingerprint density at radius 3 is 2.85 bits per heavy atom. The molecule has 0 saturated carbocycles. The third-order valence-electron chi connectivity index (χ3n) is 3.21. The maximum absolute atomic E-state index is 12.3. The summed E-state index contributed by atoms with van der Waals surface area (Å²) in [4.78, 5) is 22.4. The number of furan rings is 1. The quantitative estimate of drug-likeness (QED) is 0.377. The molecule has 0 aliphatic carbocycles. The lowest BCUT2D eigenvalue weighted by Crippen LogP contribution is -2.22. The van der Waals surface area contributed by atoms with E-state index in [1.54, 1.807) is 19.1 Å². The average Bonchev–Trinajstić information content (AvgIpc) is 3.27. The van der Waals surface area contributed by atoms with Gasteiger partial charge in [0.25, 0.3) is 16.8 Å². The van der Waals surface area contributed by atoms with Crippen molar-refractivity contribution in [3.8, 4) is 11.7 Å². The lowest BCUT2D eigenvalue weighted by atomic mass is 10.2. The van der Waals surface area contributed by atoms with Crippen molar-refractivity contribution in [2.24, 2.45) is 0 Å². The number of hydrogen-bond acceptors (Lipinski definition) is 8. The van der Waals surface area contributed by atoms with Crippen molar-refractivity contribution in [1.82, 2.24) is 10.2 Å². The molecular weight excluding hydrogens is 384 g/mol. The van der Waals surface area contributed by atoms with Crippen LogP contribution in [-0.2, 0) is 4.79 Å². The normalized spacial score (nSPS) is 11.9. The first-order chi connectivity index (χ1) is 12.4. The maximum atomic E-state index is 12.3. The van der Waals surface area contributed by atoms with Crippen LogP contribution in [0, 0.1) is 10.1 Å². The van der Waals surface area contributed by atoms with E-state index < -0.39 is 10.2 Å². The summed E-state index contributed by atoms with van der Waals surface area (Å²) in [6.07, 6.45) is 1.48. The van der Waals surface area contributed by atoms with Crippen molar-refractivity contribution < 1.29 is 18.6 Å². The smallest absolute Gasteiger partial charge is 0.284 e. The molecule has 134 valence electrons. The number of rotatable bonds is 6. The number of carbonyl (C=O) groups is 1. The molecule has 1 aromatic carbocycles. The van der Waals surface area contributed by atoms with Gasteiger partial charge in [0, 0.05) is 12.1 Å². The van der Waals surface area contributed by atoms with Crippen molar-refractivity contribution in [2.45, 2.75) is 17.4 Å². The van der Waals surface area contributed by atoms with E-state index in [0.29, 0.717) is 5.76 Å². The summed E-state index contributed by atoms with van der Waals surface area (Å²) in [7, 11) is 0. The van der Waals surface area contributed by atoms with E-state index in [1.165, 1.54) is 24.5 Å². The van der Waals surface area contributed by atoms with Crippen molar-refractivity contribution in [1.29, 1.82) is 0 Å². The first-order valence-electron chi connectivity index (χ1n) is 7.23. The number of amides is 1. The number of anilines is 1. The highest BCUT2D eigenvalue weighted by atomic mass is 35.5. The van der Waals surface area contributed by atoms with Gasteiger partial charge in [-0.05, 0) is 25.1 Å². The molecule has 0 aliphatic rings. The van der Waals surface area contributed by atoms with Gasteiger partial charge in [-0.2, -0.15) is 0 Å². The van der Waals surface area contributed by atoms with Gasteiger partial charge >= 0.3 is 0 Å². The highest BCUT2D eigenvalue weighted by Gasteiger charge is 2.21. The van der Waals surface area contributed by atoms with Gasteiger partial charge in [-0.3, -0.25) is 14.9 Å². The molecule has 11 heteroatoms. The van der Waals surface area contributed by atoms with E-state index in [4.69, 9.17) is 20.4 Å². The molecule has 2 aromatic heterocycles. The average molecular weight is 395 g/mol. The van der Waals surface area contributed by atoms with Crippen molar-refractivity contribution in [3.63, 3.8) is 0 Å². The molecule has 9 nitrogen and oxygen atoms in total. The Morgan fingerprint density at radius 1 is 1.38 bits per heavy atom. The predicted octanol–water partition coefficient (Wildman–Crippen LogP) is 4.01. The molecule has 2 heterocycles. The number of halogens is 1. The molecule has 0 saturated heterocycles. The Kier molecular flexibility index (Phi) is 5.24. The molecular formula is C15H11ClN4O5S. The molecule has 0 spiro atoms. The van der Waals surface area contributed by atoms with E-state index in [1.807, 2.05) is 0 Å². The molecule has 0 bridgehead atoms. The zero-order chi connectivity index (χ0) is 18.7. The second-order valence-corrected chi connectivity index (χ2v) is 6.72. The van der Waals surface area contributed by atoms with Crippen molar-refractivity contribution in [3.05, 3.63) is 51.7 Å². The minimum Gasteiger partial charge on any atom is -0.459 e. The van der Waals surface area contributed by atoms with E-state index in [0.717, 1.165) is 11.8 Å². The lowest BCUT2D eigenvalue weighted by molar-refractivity contribution is -0.384. The second kappa shape index (κ2) is 7.58. The summed E-state index contributed by atoms with van der Waals surface area (Å²) in [6.45, 7) is 1.65. The number of hydrogen-bond donors (Lipinski definition) is 1. The number of nitrogens with one attached hydrogen (secondary N) is 1. The Balaban J connectivity index is 1.64. The minimum atomic E-state index is -0.578. The van der Waals surface area contributed by atoms with Crippen LogP contribution in [0.5, 0.6) is 0 Å². The van der Waals surface area contributed by atoms with Crippen LogP contribution in [0.3, 0.4) is 0 Å². The van der Waals surface area contributed by atoms with Gasteiger partial charge in [0.2, 0.25) is 5.91 Å². The minimum absolute atomic E-state index is 0.0719. The van der Waals surface area contributed by atoms with E-state index in [9.17, 15) is 14.9 Å². The van der Waals surface area contributed by atoms with Crippen LogP contribution < -0.4 is 5.32 Å². The SMILES string of the molecule is C[C@H](Sc1nnc(-c2ccco2)o1)C(=O)Nc1ccc([N+](=O)[O-])cc1Cl. The molecule has 0 aliphatic heterocycles. The molecule has 26 heavy (non-hydrogen) atoms. The van der Waals surface area contributed by atoms with Gasteiger partial charge in [-0.25, -0.2) is 0 Å². The fourth-order valence-corrected chi connectivity index (χ4v) is 2.82. The van der Waals surface area contributed by atoms with E-state index in [-0.39, 0.29) is 33.4 Å². The number of nitro groups is 1. The van der Waals surface area contributed by atoms with Crippen molar-refractivity contribution >= 4 is 40.6 Å². The first-order valence-corrected chi connectivity index (χ1v) is 8.48. The van der Waals surface area contributed by atoms with Crippen LogP contribution in [0.25, 0.3) is 11.7 Å². The molecule has 1 N–H and O–H groups in total. The van der Waals surface area contributed by atoms with Crippen LogP contribution in [0.15, 0.2) is 50.7 Å². The molecule has 0 radical (unpaired) electrons. The molecule has 1 amide bonds. The summed E-state index contributed by atoms with van der Waals surface area (Å²) in [6, 6.07) is 7.16. The van der Waals surface area contributed by atoms with Gasteiger partial charge in [-0.1, -0.05) is 23.4 Å². The fraction of sp³-hybridized carbons (Fsp3) is 0.133. The second-order valence-electron chi connectivity index (χ2n) is 5.02. The number of carbonyl (C=O) groups excluding carboxylic acids is 1. The van der Waals surface area contributed by atoms with Gasteiger partial charge < -0.3 is 14.2 Å². The van der Waals surface area contributed by atoms with Gasteiger partial charge in [-0.15, -0.1) is 10.2 Å². The molecule has 0 fully saturated rings. The van der Waals surface area contributed by atoms with Crippen molar-refractivity contribution in [2.75, 3.05) is 5.32 Å². The monoisotopic (exact) mass is 394 g/mol. The fourth-order valence-electron chi connectivity index (χ4n) is 1.92. The Hall–Kier alpha value is -2.85. The van der Waals surface area contributed by atoms with E-state index >= 15 is 0 Å². The highest BCUT2D eigenvalue weighted by Crippen LogP contribution is 2.29.